The van der Waals surface area contributed by atoms with Crippen molar-refractivity contribution in [2.75, 3.05) is 0 Å². The first-order valence-electron chi connectivity index (χ1n) is 7.43. The Kier molecular flexibility index (Phi) is 10.1. The van der Waals surface area contributed by atoms with Gasteiger partial charge in [-0.1, -0.05) is 19.3 Å². The van der Waals surface area contributed by atoms with E-state index in [0.717, 1.165) is 12.8 Å². The molecule has 0 aliphatic heterocycles. The Bertz CT molecular complexity index is 368. The van der Waals surface area contributed by atoms with Crippen LogP contribution in [0, 0.1) is 0 Å². The summed E-state index contributed by atoms with van der Waals surface area (Å²) in [5, 5.41) is 28.0. The smallest absolute Gasteiger partial charge is 0.320 e. The third-order valence-electron chi connectivity index (χ3n) is 3.45. The predicted molar refractivity (Wildman–Crippen MR) is 79.6 cm³/mol. The summed E-state index contributed by atoms with van der Waals surface area (Å²) in [6, 6.07) is -1.02. The third-order valence-corrected chi connectivity index (χ3v) is 3.45. The lowest BCUT2D eigenvalue weighted by molar-refractivity contribution is -0.140. The molecule has 0 aromatic heterocycles. The highest BCUT2D eigenvalue weighted by Crippen LogP contribution is 2.17. The van der Waals surface area contributed by atoms with Crippen LogP contribution in [0.3, 0.4) is 0 Å². The molecule has 8 heteroatoms. The lowest BCUT2D eigenvalue weighted by atomic mass is 9.95. The van der Waals surface area contributed by atoms with Gasteiger partial charge in [0.15, 0.2) is 0 Å². The van der Waals surface area contributed by atoms with Gasteiger partial charge < -0.3 is 26.4 Å². The van der Waals surface area contributed by atoms with E-state index in [4.69, 9.17) is 21.1 Å². The molecule has 1 rings (SSSR count). The summed E-state index contributed by atoms with van der Waals surface area (Å²) < 4.78 is 0. The van der Waals surface area contributed by atoms with Crippen LogP contribution in [0.2, 0.25) is 0 Å². The first-order valence-corrected chi connectivity index (χ1v) is 7.43. The van der Waals surface area contributed by atoms with E-state index in [2.05, 4.69) is 5.32 Å². The van der Waals surface area contributed by atoms with E-state index in [1.165, 1.54) is 19.3 Å². The van der Waals surface area contributed by atoms with Gasteiger partial charge >= 0.3 is 17.9 Å². The van der Waals surface area contributed by atoms with Crippen LogP contribution in [0.25, 0.3) is 0 Å². The Morgan fingerprint density at radius 2 is 1.64 bits per heavy atom. The van der Waals surface area contributed by atoms with Crippen molar-refractivity contribution in [3.63, 3.8) is 0 Å². The van der Waals surface area contributed by atoms with Crippen molar-refractivity contribution in [1.82, 2.24) is 5.32 Å². The summed E-state index contributed by atoms with van der Waals surface area (Å²) in [7, 11) is 0. The lowest BCUT2D eigenvalue weighted by Gasteiger charge is -2.24. The molecule has 0 bridgehead atoms. The molecular weight excluding hydrogens is 292 g/mol. The lowest BCUT2D eigenvalue weighted by Crippen LogP contribution is -2.42. The molecule has 1 fully saturated rings. The van der Waals surface area contributed by atoms with E-state index in [9.17, 15) is 14.4 Å². The van der Waals surface area contributed by atoms with Crippen LogP contribution in [0.5, 0.6) is 0 Å². The second-order valence-corrected chi connectivity index (χ2v) is 5.44. The topological polar surface area (TPSA) is 150 Å². The molecular formula is C14H26N2O6. The Morgan fingerprint density at radius 1 is 1.09 bits per heavy atom. The average molecular weight is 318 g/mol. The van der Waals surface area contributed by atoms with Gasteiger partial charge in [-0.15, -0.1) is 0 Å². The van der Waals surface area contributed by atoms with Gasteiger partial charge in [-0.05, 0) is 26.2 Å². The fraction of sp³-hybridized carbons (Fsp3) is 0.786. The van der Waals surface area contributed by atoms with Gasteiger partial charge in [0.25, 0.3) is 0 Å². The quantitative estimate of drug-likeness (QED) is 0.459. The molecule has 0 amide bonds. The number of hydrogen-bond donors (Lipinski definition) is 5. The molecule has 0 heterocycles. The summed E-state index contributed by atoms with van der Waals surface area (Å²) in [5.74, 6) is -2.95. The Balaban J connectivity index is 0.000000409. The minimum atomic E-state index is -1.17. The molecule has 0 unspecified atom stereocenters. The minimum Gasteiger partial charge on any atom is -0.481 e. The van der Waals surface area contributed by atoms with Gasteiger partial charge in [0.05, 0.1) is 0 Å². The monoisotopic (exact) mass is 318 g/mol. The van der Waals surface area contributed by atoms with Gasteiger partial charge in [0.2, 0.25) is 0 Å². The van der Waals surface area contributed by atoms with Crippen molar-refractivity contribution in [1.29, 1.82) is 0 Å². The molecule has 2 atom stereocenters. The fourth-order valence-electron chi connectivity index (χ4n) is 2.10. The molecule has 1 aliphatic carbocycles. The second-order valence-electron chi connectivity index (χ2n) is 5.44. The van der Waals surface area contributed by atoms with Crippen molar-refractivity contribution in [2.45, 2.75) is 70.0 Å². The average Bonchev–Trinajstić information content (AvgIpc) is 2.46. The van der Waals surface area contributed by atoms with Crippen LogP contribution in [0.1, 0.15) is 51.9 Å². The highest BCUT2D eigenvalue weighted by Gasteiger charge is 2.18. The SMILES string of the molecule is C[C@H](NC1CCCCC1)C(=O)O.N[C@H](CCC(=O)O)C(=O)O. The van der Waals surface area contributed by atoms with Gasteiger partial charge in [-0.2, -0.15) is 0 Å². The summed E-state index contributed by atoms with van der Waals surface area (Å²) in [6.07, 6.45) is 5.83. The molecule has 6 N–H and O–H groups in total. The number of carboxylic acid groups (broad SMARTS) is 3. The molecule has 1 aliphatic rings. The van der Waals surface area contributed by atoms with Gasteiger partial charge in [-0.3, -0.25) is 14.4 Å². The maximum absolute atomic E-state index is 10.5. The first-order chi connectivity index (χ1) is 10.2. The van der Waals surface area contributed by atoms with Gasteiger partial charge in [0, 0.05) is 12.5 Å². The van der Waals surface area contributed by atoms with Crippen LogP contribution >= 0.6 is 0 Å². The van der Waals surface area contributed by atoms with Crippen LogP contribution in [-0.2, 0) is 14.4 Å². The zero-order chi connectivity index (χ0) is 17.1. The normalized spacial score (nSPS) is 17.7. The molecule has 0 spiro atoms. The third kappa shape index (κ3) is 10.1. The molecule has 1 saturated carbocycles. The van der Waals surface area contributed by atoms with Crippen molar-refractivity contribution in [2.24, 2.45) is 5.73 Å². The Hall–Kier alpha value is -1.67. The van der Waals surface area contributed by atoms with E-state index in [1.54, 1.807) is 6.92 Å². The number of carbonyl (C=O) groups is 3. The molecule has 0 saturated heterocycles. The highest BCUT2D eigenvalue weighted by atomic mass is 16.4. The number of nitrogens with two attached hydrogens (primary N) is 1. The van der Waals surface area contributed by atoms with Crippen LogP contribution in [-0.4, -0.2) is 51.4 Å². The second kappa shape index (κ2) is 11.0. The molecule has 0 radical (unpaired) electrons. The zero-order valence-corrected chi connectivity index (χ0v) is 12.8. The van der Waals surface area contributed by atoms with E-state index < -0.39 is 30.0 Å². The summed E-state index contributed by atoms with van der Waals surface area (Å²) >= 11 is 0. The number of carboxylic acids is 3. The molecule has 8 nitrogen and oxygen atoms in total. The summed E-state index contributed by atoms with van der Waals surface area (Å²) in [5.41, 5.74) is 5.00. The Morgan fingerprint density at radius 3 is 2.05 bits per heavy atom. The van der Waals surface area contributed by atoms with Crippen LogP contribution in [0.4, 0.5) is 0 Å². The standard InChI is InChI=1S/C9H17NO2.C5H9NO4/c1-7(9(11)12)10-8-5-3-2-4-6-8;6-3(5(9)10)1-2-4(7)8/h7-8,10H,2-6H2,1H3,(H,11,12);3H,1-2,6H2,(H,7,8)(H,9,10)/t7-;3-/m01/s1. The first kappa shape index (κ1) is 20.3. The van der Waals surface area contributed by atoms with E-state index in [0.29, 0.717) is 6.04 Å². The van der Waals surface area contributed by atoms with Gasteiger partial charge in [0.1, 0.15) is 12.1 Å². The van der Waals surface area contributed by atoms with Gasteiger partial charge in [-0.25, -0.2) is 0 Å². The number of rotatable bonds is 7. The summed E-state index contributed by atoms with van der Waals surface area (Å²) in [6.45, 7) is 1.71. The van der Waals surface area contributed by atoms with E-state index in [1.807, 2.05) is 0 Å². The number of aliphatic carboxylic acids is 3. The molecule has 0 aromatic rings. The van der Waals surface area contributed by atoms with Crippen molar-refractivity contribution >= 4 is 17.9 Å². The molecule has 128 valence electrons. The Labute approximate surface area is 129 Å². The number of hydrogen-bond acceptors (Lipinski definition) is 5. The van der Waals surface area contributed by atoms with Crippen molar-refractivity contribution in [3.8, 4) is 0 Å². The van der Waals surface area contributed by atoms with Crippen molar-refractivity contribution in [3.05, 3.63) is 0 Å². The zero-order valence-electron chi connectivity index (χ0n) is 12.8. The fourth-order valence-corrected chi connectivity index (χ4v) is 2.10. The van der Waals surface area contributed by atoms with E-state index in [-0.39, 0.29) is 12.8 Å². The van der Waals surface area contributed by atoms with Crippen LogP contribution < -0.4 is 11.1 Å². The largest absolute Gasteiger partial charge is 0.481 e. The van der Waals surface area contributed by atoms with E-state index >= 15 is 0 Å². The molecule has 22 heavy (non-hydrogen) atoms. The maximum atomic E-state index is 10.5. The summed E-state index contributed by atoms with van der Waals surface area (Å²) in [4.78, 5) is 30.4. The highest BCUT2D eigenvalue weighted by molar-refractivity contribution is 5.74. The molecule has 0 aromatic carbocycles. The van der Waals surface area contributed by atoms with Crippen LogP contribution in [0.15, 0.2) is 0 Å². The maximum Gasteiger partial charge on any atom is 0.320 e. The minimum absolute atomic E-state index is 0.0231. The van der Waals surface area contributed by atoms with Crippen molar-refractivity contribution < 1.29 is 29.7 Å². The number of nitrogens with one attached hydrogen (secondary N) is 1. The predicted octanol–water partition coefficient (Wildman–Crippen LogP) is 0.645.